The van der Waals surface area contributed by atoms with Crippen molar-refractivity contribution in [2.24, 2.45) is 5.73 Å². The summed E-state index contributed by atoms with van der Waals surface area (Å²) < 4.78 is 5.31. The quantitative estimate of drug-likeness (QED) is 0.859. The van der Waals surface area contributed by atoms with Crippen LogP contribution in [0, 0.1) is 0 Å². The van der Waals surface area contributed by atoms with Crippen LogP contribution in [0.15, 0.2) is 28.2 Å². The minimum Gasteiger partial charge on any atom is -0.432 e. The van der Waals surface area contributed by atoms with Gasteiger partial charge >= 0.3 is 0 Å². The van der Waals surface area contributed by atoms with E-state index in [-0.39, 0.29) is 0 Å². The second kappa shape index (κ2) is 4.46. The molecule has 0 atom stereocenters. The van der Waals surface area contributed by atoms with Gasteiger partial charge in [0, 0.05) is 18.5 Å². The van der Waals surface area contributed by atoms with Crippen molar-refractivity contribution in [1.82, 2.24) is 4.98 Å². The third-order valence-electron chi connectivity index (χ3n) is 2.05. The fourth-order valence-electron chi connectivity index (χ4n) is 1.27. The molecular weight excluding hydrogens is 210 g/mol. The maximum atomic E-state index is 5.46. The van der Waals surface area contributed by atoms with E-state index in [2.05, 4.69) is 16.4 Å². The first-order valence-corrected chi connectivity index (χ1v) is 5.55. The lowest BCUT2D eigenvalue weighted by molar-refractivity contribution is 0.544. The van der Waals surface area contributed by atoms with Crippen LogP contribution in [0.25, 0.3) is 0 Å². The summed E-state index contributed by atoms with van der Waals surface area (Å²) in [5, 5.41) is 2.06. The van der Waals surface area contributed by atoms with Crippen molar-refractivity contribution in [3.63, 3.8) is 0 Å². The Hall–Kier alpha value is -1.33. The molecule has 0 aliphatic rings. The molecule has 2 rings (SSSR count). The molecule has 0 fully saturated rings. The summed E-state index contributed by atoms with van der Waals surface area (Å²) in [6.07, 6.45) is 1.60. The molecule has 2 aromatic rings. The van der Waals surface area contributed by atoms with Gasteiger partial charge in [-0.1, -0.05) is 6.07 Å². The SMILES string of the molecule is CN(Cc1cccs1)c1nc(CN)co1. The average molecular weight is 223 g/mol. The zero-order valence-corrected chi connectivity index (χ0v) is 9.33. The molecule has 0 unspecified atom stereocenters. The summed E-state index contributed by atoms with van der Waals surface area (Å²) >= 11 is 1.72. The molecule has 2 heterocycles. The van der Waals surface area contributed by atoms with Crippen molar-refractivity contribution in [3.05, 3.63) is 34.3 Å². The molecule has 0 saturated carbocycles. The molecule has 0 spiro atoms. The zero-order chi connectivity index (χ0) is 10.7. The summed E-state index contributed by atoms with van der Waals surface area (Å²) in [4.78, 5) is 7.49. The van der Waals surface area contributed by atoms with Gasteiger partial charge in [-0.2, -0.15) is 4.98 Å². The van der Waals surface area contributed by atoms with Gasteiger partial charge in [0.25, 0.3) is 6.01 Å². The maximum absolute atomic E-state index is 5.46. The van der Waals surface area contributed by atoms with Crippen LogP contribution in [0.5, 0.6) is 0 Å². The summed E-state index contributed by atoms with van der Waals surface area (Å²) in [5.41, 5.74) is 6.24. The van der Waals surface area contributed by atoms with E-state index >= 15 is 0 Å². The van der Waals surface area contributed by atoms with Gasteiger partial charge in [-0.25, -0.2) is 0 Å². The van der Waals surface area contributed by atoms with E-state index in [1.807, 2.05) is 18.0 Å². The highest BCUT2D eigenvalue weighted by atomic mass is 32.1. The Kier molecular flexibility index (Phi) is 3.03. The minimum atomic E-state index is 0.413. The second-order valence-corrected chi connectivity index (χ2v) is 4.29. The topological polar surface area (TPSA) is 55.3 Å². The minimum absolute atomic E-state index is 0.413. The zero-order valence-electron chi connectivity index (χ0n) is 8.51. The lowest BCUT2D eigenvalue weighted by Gasteiger charge is -2.12. The van der Waals surface area contributed by atoms with Gasteiger partial charge in [0.05, 0.1) is 12.2 Å². The van der Waals surface area contributed by atoms with Gasteiger partial charge < -0.3 is 15.1 Å². The molecule has 0 bridgehead atoms. The molecule has 0 aliphatic heterocycles. The van der Waals surface area contributed by atoms with Gasteiger partial charge in [-0.3, -0.25) is 0 Å². The molecule has 2 N–H and O–H groups in total. The summed E-state index contributed by atoms with van der Waals surface area (Å²) in [5.74, 6) is 0. The first-order valence-electron chi connectivity index (χ1n) is 4.67. The maximum Gasteiger partial charge on any atom is 0.297 e. The number of hydrogen-bond acceptors (Lipinski definition) is 5. The van der Waals surface area contributed by atoms with Crippen LogP contribution >= 0.6 is 11.3 Å². The van der Waals surface area contributed by atoms with Crippen molar-refractivity contribution in [2.75, 3.05) is 11.9 Å². The smallest absolute Gasteiger partial charge is 0.297 e. The number of hydrogen-bond donors (Lipinski definition) is 1. The van der Waals surface area contributed by atoms with Crippen LogP contribution in [0.4, 0.5) is 6.01 Å². The van der Waals surface area contributed by atoms with E-state index < -0.39 is 0 Å². The number of aromatic nitrogens is 1. The molecule has 80 valence electrons. The van der Waals surface area contributed by atoms with Gasteiger partial charge in [0.15, 0.2) is 0 Å². The van der Waals surface area contributed by atoms with Gasteiger partial charge in [-0.05, 0) is 11.4 Å². The Bertz CT molecular complexity index is 410. The first-order chi connectivity index (χ1) is 7.29. The van der Waals surface area contributed by atoms with Crippen molar-refractivity contribution >= 4 is 17.4 Å². The van der Waals surface area contributed by atoms with Crippen LogP contribution in [-0.4, -0.2) is 12.0 Å². The van der Waals surface area contributed by atoms with Crippen molar-refractivity contribution in [3.8, 4) is 0 Å². The molecular formula is C10H13N3OS. The van der Waals surface area contributed by atoms with Crippen LogP contribution < -0.4 is 10.6 Å². The summed E-state index contributed by atoms with van der Waals surface area (Å²) in [6.45, 7) is 1.22. The van der Waals surface area contributed by atoms with E-state index in [1.165, 1.54) is 4.88 Å². The summed E-state index contributed by atoms with van der Waals surface area (Å²) in [6, 6.07) is 4.74. The highest BCUT2D eigenvalue weighted by molar-refractivity contribution is 7.09. The molecule has 4 nitrogen and oxygen atoms in total. The van der Waals surface area contributed by atoms with Gasteiger partial charge in [-0.15, -0.1) is 11.3 Å². The van der Waals surface area contributed by atoms with Crippen LogP contribution in [-0.2, 0) is 13.1 Å². The van der Waals surface area contributed by atoms with Crippen molar-refractivity contribution in [2.45, 2.75) is 13.1 Å². The van der Waals surface area contributed by atoms with E-state index in [1.54, 1.807) is 17.6 Å². The third-order valence-corrected chi connectivity index (χ3v) is 2.91. The Labute approximate surface area is 92.3 Å². The Morgan fingerprint density at radius 1 is 1.60 bits per heavy atom. The number of anilines is 1. The molecule has 0 amide bonds. The second-order valence-electron chi connectivity index (χ2n) is 3.26. The standard InChI is InChI=1S/C10H13N3OS/c1-13(6-9-3-2-4-15-9)10-12-8(5-11)7-14-10/h2-4,7H,5-6,11H2,1H3. The van der Waals surface area contributed by atoms with E-state index in [0.717, 1.165) is 12.2 Å². The van der Waals surface area contributed by atoms with Crippen molar-refractivity contribution < 1.29 is 4.42 Å². The Morgan fingerprint density at radius 3 is 3.07 bits per heavy atom. The average Bonchev–Trinajstić information content (AvgIpc) is 2.86. The molecule has 2 aromatic heterocycles. The number of nitrogens with two attached hydrogens (primary N) is 1. The number of nitrogens with zero attached hydrogens (tertiary/aromatic N) is 2. The molecule has 0 saturated heterocycles. The Balaban J connectivity index is 2.04. The van der Waals surface area contributed by atoms with E-state index in [4.69, 9.17) is 10.2 Å². The highest BCUT2D eigenvalue weighted by Crippen LogP contribution is 2.17. The predicted octanol–water partition coefficient (Wildman–Crippen LogP) is 1.83. The van der Waals surface area contributed by atoms with Crippen molar-refractivity contribution in [1.29, 1.82) is 0 Å². The molecule has 15 heavy (non-hydrogen) atoms. The number of oxazole rings is 1. The van der Waals surface area contributed by atoms with Gasteiger partial charge in [0.2, 0.25) is 0 Å². The van der Waals surface area contributed by atoms with E-state index in [9.17, 15) is 0 Å². The van der Waals surface area contributed by atoms with Crippen LogP contribution in [0.3, 0.4) is 0 Å². The largest absolute Gasteiger partial charge is 0.432 e. The Morgan fingerprint density at radius 2 is 2.47 bits per heavy atom. The molecule has 5 heteroatoms. The fourth-order valence-corrected chi connectivity index (χ4v) is 2.03. The van der Waals surface area contributed by atoms with Gasteiger partial charge in [0.1, 0.15) is 6.26 Å². The summed E-state index contributed by atoms with van der Waals surface area (Å²) in [7, 11) is 1.95. The highest BCUT2D eigenvalue weighted by Gasteiger charge is 2.08. The number of thiophene rings is 1. The lowest BCUT2D eigenvalue weighted by atomic mass is 10.4. The van der Waals surface area contributed by atoms with Crippen LogP contribution in [0.2, 0.25) is 0 Å². The fraction of sp³-hybridized carbons (Fsp3) is 0.300. The monoisotopic (exact) mass is 223 g/mol. The van der Waals surface area contributed by atoms with E-state index in [0.29, 0.717) is 12.6 Å². The number of rotatable bonds is 4. The predicted molar refractivity (Wildman–Crippen MR) is 60.8 cm³/mol. The lowest BCUT2D eigenvalue weighted by Crippen LogP contribution is -2.16. The molecule has 0 aromatic carbocycles. The first kappa shape index (κ1) is 10.2. The molecule has 0 radical (unpaired) electrons. The van der Waals surface area contributed by atoms with Crippen LogP contribution in [0.1, 0.15) is 10.6 Å². The third kappa shape index (κ3) is 2.37. The normalized spacial score (nSPS) is 10.5. The molecule has 0 aliphatic carbocycles.